The minimum Gasteiger partial charge on any atom is -0.454 e. The van der Waals surface area contributed by atoms with Crippen molar-refractivity contribution in [2.24, 2.45) is 0 Å². The van der Waals surface area contributed by atoms with E-state index in [9.17, 15) is 0 Å². The van der Waals surface area contributed by atoms with E-state index in [1.165, 1.54) is 0 Å². The molecule has 7 heteroatoms. The van der Waals surface area contributed by atoms with E-state index < -0.39 is 0 Å². The second-order valence-electron chi connectivity index (χ2n) is 4.68. The summed E-state index contributed by atoms with van der Waals surface area (Å²) < 4.78 is 10.8. The number of nitrogens with two attached hydrogens (primary N) is 1. The summed E-state index contributed by atoms with van der Waals surface area (Å²) in [4.78, 5) is 4.49. The first-order valence-corrected chi connectivity index (χ1v) is 7.26. The molecule has 0 amide bonds. The normalized spacial score (nSPS) is 12.8. The molecule has 0 radical (unpaired) electrons. The number of fused-ring (bicyclic) bond motifs is 1. The van der Waals surface area contributed by atoms with Crippen LogP contribution in [0.25, 0.3) is 22.5 Å². The maximum Gasteiger partial charge on any atom is 0.231 e. The maximum absolute atomic E-state index is 6.02. The highest BCUT2D eigenvalue weighted by Crippen LogP contribution is 2.40. The number of nitrogens with one attached hydrogen (secondary N) is 1. The van der Waals surface area contributed by atoms with Gasteiger partial charge in [-0.15, -0.1) is 11.3 Å². The van der Waals surface area contributed by atoms with Crippen LogP contribution in [0.5, 0.6) is 11.5 Å². The fourth-order valence-corrected chi connectivity index (χ4v) is 2.97. The Labute approximate surface area is 124 Å². The van der Waals surface area contributed by atoms with Crippen LogP contribution in [0.2, 0.25) is 0 Å². The summed E-state index contributed by atoms with van der Waals surface area (Å²) >= 11 is 1.59. The minimum atomic E-state index is 0.248. The molecule has 3 heterocycles. The Balaban J connectivity index is 1.87. The third-order valence-corrected chi connectivity index (χ3v) is 4.10. The molecule has 0 saturated heterocycles. The minimum absolute atomic E-state index is 0.248. The predicted octanol–water partition coefficient (Wildman–Crippen LogP) is 2.82. The smallest absolute Gasteiger partial charge is 0.231 e. The van der Waals surface area contributed by atoms with Crippen molar-refractivity contribution in [2.45, 2.75) is 6.92 Å². The van der Waals surface area contributed by atoms with Crippen molar-refractivity contribution >= 4 is 17.2 Å². The number of nitrogens with zero attached hydrogens (tertiary/aromatic N) is 2. The van der Waals surface area contributed by atoms with E-state index >= 15 is 0 Å². The van der Waals surface area contributed by atoms with Gasteiger partial charge in [0, 0.05) is 5.38 Å². The zero-order valence-electron chi connectivity index (χ0n) is 11.2. The number of hydrogen-bond acceptors (Lipinski definition) is 6. The Morgan fingerprint density at radius 3 is 2.95 bits per heavy atom. The summed E-state index contributed by atoms with van der Waals surface area (Å²) in [7, 11) is 0. The summed E-state index contributed by atoms with van der Waals surface area (Å²) in [6.45, 7) is 2.21. The molecule has 0 aliphatic carbocycles. The van der Waals surface area contributed by atoms with Crippen molar-refractivity contribution in [3.05, 3.63) is 28.6 Å². The first kappa shape index (κ1) is 12.2. The second kappa shape index (κ2) is 4.49. The number of aromatic amines is 1. The van der Waals surface area contributed by atoms with Gasteiger partial charge in [-0.3, -0.25) is 5.10 Å². The molecule has 0 spiro atoms. The van der Waals surface area contributed by atoms with Gasteiger partial charge in [-0.25, -0.2) is 4.98 Å². The van der Waals surface area contributed by atoms with Crippen LogP contribution < -0.4 is 15.2 Å². The molecular weight excluding hydrogens is 288 g/mol. The number of H-pyrrole nitrogens is 1. The fraction of sp³-hybridized carbons (Fsp3) is 0.143. The van der Waals surface area contributed by atoms with E-state index in [0.29, 0.717) is 11.6 Å². The molecule has 1 aliphatic rings. The molecule has 6 nitrogen and oxygen atoms in total. The summed E-state index contributed by atoms with van der Waals surface area (Å²) in [5, 5.41) is 10.1. The summed E-state index contributed by atoms with van der Waals surface area (Å²) in [6, 6.07) is 5.73. The molecule has 106 valence electrons. The average molecular weight is 300 g/mol. The van der Waals surface area contributed by atoms with Gasteiger partial charge in [0.2, 0.25) is 6.79 Å². The molecular formula is C14H12N4O2S. The second-order valence-corrected chi connectivity index (χ2v) is 5.74. The van der Waals surface area contributed by atoms with Gasteiger partial charge in [-0.2, -0.15) is 5.10 Å². The monoisotopic (exact) mass is 300 g/mol. The number of hydrogen-bond donors (Lipinski definition) is 2. The van der Waals surface area contributed by atoms with Crippen LogP contribution >= 0.6 is 11.3 Å². The van der Waals surface area contributed by atoms with Crippen molar-refractivity contribution in [2.75, 3.05) is 12.5 Å². The van der Waals surface area contributed by atoms with Gasteiger partial charge in [0.05, 0.1) is 22.0 Å². The van der Waals surface area contributed by atoms with E-state index in [1.807, 2.05) is 30.5 Å². The van der Waals surface area contributed by atoms with Crippen molar-refractivity contribution in [3.8, 4) is 34.0 Å². The number of nitrogen functional groups attached to an aromatic ring is 1. The largest absolute Gasteiger partial charge is 0.454 e. The maximum atomic E-state index is 6.02. The highest BCUT2D eigenvalue weighted by molar-refractivity contribution is 7.09. The molecule has 2 aromatic heterocycles. The molecule has 0 unspecified atom stereocenters. The number of aryl methyl sites for hydroxylation is 1. The molecule has 0 bridgehead atoms. The lowest BCUT2D eigenvalue weighted by atomic mass is 10.0. The Bertz CT molecular complexity index is 824. The quantitative estimate of drug-likeness (QED) is 0.760. The number of aromatic nitrogens is 3. The number of thiazole rings is 1. The summed E-state index contributed by atoms with van der Waals surface area (Å²) in [6.07, 6.45) is 0. The van der Waals surface area contributed by atoms with Gasteiger partial charge >= 0.3 is 0 Å². The molecule has 4 rings (SSSR count). The highest BCUT2D eigenvalue weighted by atomic mass is 32.1. The number of benzene rings is 1. The van der Waals surface area contributed by atoms with E-state index in [2.05, 4.69) is 15.2 Å². The van der Waals surface area contributed by atoms with Gasteiger partial charge in [-0.1, -0.05) is 6.07 Å². The number of rotatable bonds is 2. The van der Waals surface area contributed by atoms with E-state index in [-0.39, 0.29) is 6.79 Å². The average Bonchev–Trinajstić information content (AvgIpc) is 3.17. The standard InChI is InChI=1S/C14H12N4O2S/c1-7-16-9(5-21-7)13-12(14(15)18-17-13)8-2-3-10-11(4-8)20-6-19-10/h2-5H,6H2,1H3,(H3,15,17,18). The van der Waals surface area contributed by atoms with Crippen LogP contribution in [0.3, 0.4) is 0 Å². The Hall–Kier alpha value is -2.54. The van der Waals surface area contributed by atoms with E-state index in [4.69, 9.17) is 15.2 Å². The fourth-order valence-electron chi connectivity index (χ4n) is 2.36. The van der Waals surface area contributed by atoms with Gasteiger partial charge < -0.3 is 15.2 Å². The third-order valence-electron chi connectivity index (χ3n) is 3.33. The summed E-state index contributed by atoms with van der Waals surface area (Å²) in [5.74, 6) is 1.90. The molecule has 0 saturated carbocycles. The topological polar surface area (TPSA) is 86.1 Å². The first-order valence-electron chi connectivity index (χ1n) is 6.39. The van der Waals surface area contributed by atoms with Crippen molar-refractivity contribution < 1.29 is 9.47 Å². The Morgan fingerprint density at radius 1 is 1.29 bits per heavy atom. The summed E-state index contributed by atoms with van der Waals surface area (Å²) in [5.41, 5.74) is 9.44. The van der Waals surface area contributed by atoms with Gasteiger partial charge in [-0.05, 0) is 24.6 Å². The SMILES string of the molecule is Cc1nc(-c2[nH]nc(N)c2-c2ccc3c(c2)OCO3)cs1. The lowest BCUT2D eigenvalue weighted by Crippen LogP contribution is -1.93. The van der Waals surface area contributed by atoms with Crippen LogP contribution in [-0.4, -0.2) is 22.0 Å². The third kappa shape index (κ3) is 1.93. The highest BCUT2D eigenvalue weighted by Gasteiger charge is 2.20. The van der Waals surface area contributed by atoms with Crippen LogP contribution in [0.15, 0.2) is 23.6 Å². The van der Waals surface area contributed by atoms with Gasteiger partial charge in [0.25, 0.3) is 0 Å². The molecule has 0 fully saturated rings. The van der Waals surface area contributed by atoms with Gasteiger partial charge in [0.15, 0.2) is 17.3 Å². The van der Waals surface area contributed by atoms with Crippen LogP contribution in [-0.2, 0) is 0 Å². The molecule has 21 heavy (non-hydrogen) atoms. The van der Waals surface area contributed by atoms with Crippen LogP contribution in [0.1, 0.15) is 5.01 Å². The number of ether oxygens (including phenoxy) is 2. The Morgan fingerprint density at radius 2 is 2.14 bits per heavy atom. The van der Waals surface area contributed by atoms with Crippen LogP contribution in [0.4, 0.5) is 5.82 Å². The molecule has 1 aliphatic heterocycles. The molecule has 1 aromatic carbocycles. The molecule has 3 N–H and O–H groups in total. The predicted molar refractivity (Wildman–Crippen MR) is 80.4 cm³/mol. The van der Waals surface area contributed by atoms with Crippen molar-refractivity contribution in [3.63, 3.8) is 0 Å². The Kier molecular flexibility index (Phi) is 2.61. The van der Waals surface area contributed by atoms with E-state index in [0.717, 1.165) is 33.3 Å². The van der Waals surface area contributed by atoms with Crippen LogP contribution in [0, 0.1) is 6.92 Å². The van der Waals surface area contributed by atoms with Crippen molar-refractivity contribution in [1.82, 2.24) is 15.2 Å². The zero-order valence-corrected chi connectivity index (χ0v) is 12.0. The lowest BCUT2D eigenvalue weighted by molar-refractivity contribution is 0.174. The zero-order chi connectivity index (χ0) is 14.4. The van der Waals surface area contributed by atoms with Gasteiger partial charge in [0.1, 0.15) is 0 Å². The number of anilines is 1. The van der Waals surface area contributed by atoms with Crippen molar-refractivity contribution in [1.29, 1.82) is 0 Å². The lowest BCUT2D eigenvalue weighted by Gasteiger charge is -2.04. The first-order chi connectivity index (χ1) is 10.2. The van der Waals surface area contributed by atoms with E-state index in [1.54, 1.807) is 11.3 Å². The molecule has 0 atom stereocenters. The molecule has 3 aromatic rings.